The zero-order chi connectivity index (χ0) is 20.8. The number of aryl methyl sites for hydroxylation is 1. The Kier molecular flexibility index (Phi) is 6.19. The first-order valence-electron chi connectivity index (χ1n) is 8.51. The zero-order valence-electron chi connectivity index (χ0n) is 15.3. The molecule has 2 aromatic heterocycles. The van der Waals surface area contributed by atoms with Gasteiger partial charge in [0.15, 0.2) is 0 Å². The van der Waals surface area contributed by atoms with Crippen LogP contribution >= 0.6 is 11.6 Å². The average molecular weight is 417 g/mol. The second kappa shape index (κ2) is 8.97. The van der Waals surface area contributed by atoms with Gasteiger partial charge in [-0.2, -0.15) is 10.2 Å². The van der Waals surface area contributed by atoms with Gasteiger partial charge in [-0.3, -0.25) is 14.6 Å². The summed E-state index contributed by atoms with van der Waals surface area (Å²) in [5.41, 5.74) is 3.03. The second-order valence-corrected chi connectivity index (χ2v) is 6.22. The molecule has 0 spiro atoms. The van der Waals surface area contributed by atoms with Gasteiger partial charge in [-0.05, 0) is 19.1 Å². The van der Waals surface area contributed by atoms with Gasteiger partial charge in [0, 0.05) is 13.0 Å². The number of carbonyl (C=O) groups is 1. The Balaban J connectivity index is 1.56. The maximum atomic E-state index is 11.9. The molecule has 150 valence electrons. The molecule has 1 amide bonds. The van der Waals surface area contributed by atoms with Gasteiger partial charge in [0.05, 0.1) is 23.2 Å². The number of hydrazone groups is 1. The summed E-state index contributed by atoms with van der Waals surface area (Å²) in [6.07, 6.45) is 1.44. The maximum Gasteiger partial charge on any atom is 0.342 e. The predicted octanol–water partition coefficient (Wildman–Crippen LogP) is 0.558. The van der Waals surface area contributed by atoms with E-state index in [0.717, 1.165) is 5.69 Å². The number of aromatic nitrogens is 5. The summed E-state index contributed by atoms with van der Waals surface area (Å²) in [4.78, 5) is 36.3. The first kappa shape index (κ1) is 20.0. The third kappa shape index (κ3) is 4.96. The van der Waals surface area contributed by atoms with Crippen molar-refractivity contribution in [3.63, 3.8) is 0 Å². The minimum Gasteiger partial charge on any atom is -0.364 e. The van der Waals surface area contributed by atoms with Crippen LogP contribution in [0.2, 0.25) is 5.15 Å². The van der Waals surface area contributed by atoms with E-state index in [1.165, 1.54) is 6.21 Å². The number of H-pyrrole nitrogens is 2. The number of carbonyl (C=O) groups excluding carboxylic acids is 1. The van der Waals surface area contributed by atoms with E-state index in [2.05, 4.69) is 31.1 Å². The van der Waals surface area contributed by atoms with Crippen molar-refractivity contribution >= 4 is 29.5 Å². The van der Waals surface area contributed by atoms with Crippen molar-refractivity contribution in [1.82, 2.24) is 30.4 Å². The summed E-state index contributed by atoms with van der Waals surface area (Å²) in [5, 5.41) is 16.9. The summed E-state index contributed by atoms with van der Waals surface area (Å²) in [5.74, 6) is -0.476. The lowest BCUT2D eigenvalue weighted by Gasteiger charge is -2.03. The fourth-order valence-electron chi connectivity index (χ4n) is 2.38. The van der Waals surface area contributed by atoms with Gasteiger partial charge in [-0.25, -0.2) is 20.0 Å². The van der Waals surface area contributed by atoms with Crippen LogP contribution in [0.4, 0.5) is 5.82 Å². The summed E-state index contributed by atoms with van der Waals surface area (Å²) < 4.78 is 1.58. The highest BCUT2D eigenvalue weighted by Crippen LogP contribution is 2.21. The Morgan fingerprint density at radius 1 is 1.31 bits per heavy atom. The monoisotopic (exact) mass is 416 g/mol. The number of rotatable bonds is 7. The fraction of sp³-hybridized carbons (Fsp3) is 0.176. The van der Waals surface area contributed by atoms with Gasteiger partial charge in [-0.15, -0.1) is 5.10 Å². The second-order valence-electron chi connectivity index (χ2n) is 5.86. The number of para-hydroxylation sites is 1. The lowest BCUT2D eigenvalue weighted by atomic mass is 10.3. The molecule has 0 atom stereocenters. The number of hydrogen-bond acceptors (Lipinski definition) is 7. The van der Waals surface area contributed by atoms with Crippen molar-refractivity contribution in [2.24, 2.45) is 5.10 Å². The van der Waals surface area contributed by atoms with E-state index >= 15 is 0 Å². The number of nitrogens with one attached hydrogen (secondary N) is 4. The maximum absolute atomic E-state index is 11.9. The van der Waals surface area contributed by atoms with Crippen molar-refractivity contribution in [3.05, 3.63) is 67.6 Å². The molecule has 3 aromatic rings. The average Bonchev–Trinajstić information content (AvgIpc) is 2.98. The van der Waals surface area contributed by atoms with Gasteiger partial charge >= 0.3 is 5.69 Å². The molecule has 0 aliphatic heterocycles. The lowest BCUT2D eigenvalue weighted by Crippen LogP contribution is -2.28. The molecule has 0 aliphatic carbocycles. The van der Waals surface area contributed by atoms with Crippen LogP contribution in [0.15, 0.2) is 45.0 Å². The number of hydrogen-bond donors (Lipinski definition) is 4. The first-order valence-corrected chi connectivity index (χ1v) is 8.89. The first-order chi connectivity index (χ1) is 14.0. The largest absolute Gasteiger partial charge is 0.364 e. The Morgan fingerprint density at radius 2 is 2.07 bits per heavy atom. The van der Waals surface area contributed by atoms with Crippen molar-refractivity contribution < 1.29 is 4.79 Å². The van der Waals surface area contributed by atoms with E-state index in [-0.39, 0.29) is 24.7 Å². The number of amides is 1. The zero-order valence-corrected chi connectivity index (χ0v) is 16.0. The molecule has 0 fully saturated rings. The third-order valence-corrected chi connectivity index (χ3v) is 4.15. The van der Waals surface area contributed by atoms with Crippen LogP contribution in [0.5, 0.6) is 0 Å². The molecule has 12 heteroatoms. The molecule has 3 rings (SSSR count). The molecule has 0 aliphatic rings. The number of anilines is 1. The molecule has 29 heavy (non-hydrogen) atoms. The van der Waals surface area contributed by atoms with E-state index < -0.39 is 11.2 Å². The van der Waals surface area contributed by atoms with Crippen LogP contribution in [0.3, 0.4) is 0 Å². The molecular weight excluding hydrogens is 400 g/mol. The predicted molar refractivity (Wildman–Crippen MR) is 108 cm³/mol. The highest BCUT2D eigenvalue weighted by molar-refractivity contribution is 6.32. The van der Waals surface area contributed by atoms with E-state index in [4.69, 9.17) is 11.6 Å². The van der Waals surface area contributed by atoms with E-state index in [1.807, 2.05) is 35.3 Å². The lowest BCUT2D eigenvalue weighted by molar-refractivity contribution is -0.120. The van der Waals surface area contributed by atoms with Crippen molar-refractivity contribution in [1.29, 1.82) is 0 Å². The molecule has 2 heterocycles. The van der Waals surface area contributed by atoms with Crippen molar-refractivity contribution in [3.8, 4) is 5.69 Å². The molecular formula is C17H17ClN8O3. The van der Waals surface area contributed by atoms with Crippen molar-refractivity contribution in [2.75, 3.05) is 11.9 Å². The Morgan fingerprint density at radius 3 is 2.79 bits per heavy atom. The topological polar surface area (TPSA) is 150 Å². The Bertz CT molecular complexity index is 1150. The van der Waals surface area contributed by atoms with Gasteiger partial charge in [0.25, 0.3) is 5.56 Å². The van der Waals surface area contributed by atoms with Crippen LogP contribution in [-0.2, 0) is 4.79 Å². The summed E-state index contributed by atoms with van der Waals surface area (Å²) in [7, 11) is 0. The third-order valence-electron chi connectivity index (χ3n) is 3.79. The fourth-order valence-corrected chi connectivity index (χ4v) is 2.71. The van der Waals surface area contributed by atoms with E-state index in [0.29, 0.717) is 16.4 Å². The summed E-state index contributed by atoms with van der Waals surface area (Å²) in [6.45, 7) is 1.91. The standard InChI is InChI=1S/C17H17ClN8O3/c1-10-12(14(18)26(25-10)11-5-3-2-4-6-11)9-20-22-13(27)7-8-19-15-16(28)21-17(29)24-23-15/h2-6,9H,7-8H2,1H3,(H,19,23)(H,22,27)(H2,21,24,28,29)/b20-9+. The van der Waals surface area contributed by atoms with Gasteiger partial charge in [0.2, 0.25) is 11.7 Å². The summed E-state index contributed by atoms with van der Waals surface area (Å²) in [6, 6.07) is 9.39. The van der Waals surface area contributed by atoms with E-state index in [1.54, 1.807) is 11.6 Å². The summed E-state index contributed by atoms with van der Waals surface area (Å²) >= 11 is 6.38. The smallest absolute Gasteiger partial charge is 0.342 e. The minimum absolute atomic E-state index is 0.0214. The molecule has 1 aromatic carbocycles. The SMILES string of the molecule is Cc1nn(-c2ccccc2)c(Cl)c1/C=N/NC(=O)CCNc1n[nH]c(=O)[nH]c1=O. The van der Waals surface area contributed by atoms with Crippen LogP contribution in [-0.4, -0.2) is 43.6 Å². The Hall–Kier alpha value is -3.73. The molecule has 0 bridgehead atoms. The Labute approximate surface area is 168 Å². The number of nitrogens with zero attached hydrogens (tertiary/aromatic N) is 4. The number of benzene rings is 1. The number of aromatic amines is 2. The van der Waals surface area contributed by atoms with Crippen LogP contribution < -0.4 is 22.0 Å². The molecule has 0 unspecified atom stereocenters. The molecule has 4 N–H and O–H groups in total. The minimum atomic E-state index is -0.711. The van der Waals surface area contributed by atoms with Crippen LogP contribution in [0.25, 0.3) is 5.69 Å². The quantitative estimate of drug-likeness (QED) is 0.326. The van der Waals surface area contributed by atoms with E-state index in [9.17, 15) is 14.4 Å². The highest BCUT2D eigenvalue weighted by Gasteiger charge is 2.13. The van der Waals surface area contributed by atoms with Gasteiger partial charge in [0.1, 0.15) is 5.15 Å². The van der Waals surface area contributed by atoms with Crippen molar-refractivity contribution in [2.45, 2.75) is 13.3 Å². The normalized spacial score (nSPS) is 11.0. The van der Waals surface area contributed by atoms with Crippen LogP contribution in [0.1, 0.15) is 17.7 Å². The molecule has 0 saturated heterocycles. The molecule has 11 nitrogen and oxygen atoms in total. The highest BCUT2D eigenvalue weighted by atomic mass is 35.5. The number of halogens is 1. The van der Waals surface area contributed by atoms with Gasteiger partial charge < -0.3 is 5.32 Å². The molecule has 0 saturated carbocycles. The van der Waals surface area contributed by atoms with Crippen LogP contribution in [0, 0.1) is 6.92 Å². The van der Waals surface area contributed by atoms with Gasteiger partial charge in [-0.1, -0.05) is 29.8 Å². The molecule has 0 radical (unpaired) electrons.